The van der Waals surface area contributed by atoms with Gasteiger partial charge >= 0.3 is 0 Å². The van der Waals surface area contributed by atoms with Crippen LogP contribution < -0.4 is 10.0 Å². The molecule has 0 aromatic heterocycles. The quantitative estimate of drug-likeness (QED) is 0.686. The predicted molar refractivity (Wildman–Crippen MR) is 83.3 cm³/mol. The summed E-state index contributed by atoms with van der Waals surface area (Å²) in [6, 6.07) is 0. The zero-order valence-corrected chi connectivity index (χ0v) is 13.8. The van der Waals surface area contributed by atoms with E-state index in [2.05, 4.69) is 17.0 Å². The minimum Gasteiger partial charge on any atom is -0.381 e. The molecule has 0 radical (unpaired) electrons. The standard InChI is InChI=1S/C14H29N3O3S/c1-2-15-11-13-4-8-17(9-5-13)21(18,19)16-7-3-14-6-10-20-12-14/h13-16H,2-12H2,1H3. The lowest BCUT2D eigenvalue weighted by atomic mass is 9.98. The van der Waals surface area contributed by atoms with Crippen molar-refractivity contribution in [3.63, 3.8) is 0 Å². The Kier molecular flexibility index (Phi) is 6.88. The first-order chi connectivity index (χ1) is 10.1. The maximum atomic E-state index is 12.2. The molecule has 0 aromatic carbocycles. The highest BCUT2D eigenvalue weighted by Crippen LogP contribution is 2.19. The molecule has 6 nitrogen and oxygen atoms in total. The van der Waals surface area contributed by atoms with Gasteiger partial charge in [0.25, 0.3) is 10.2 Å². The molecule has 1 atom stereocenters. The van der Waals surface area contributed by atoms with Gasteiger partial charge in [-0.2, -0.15) is 12.7 Å². The summed E-state index contributed by atoms with van der Waals surface area (Å²) in [5.41, 5.74) is 0. The lowest BCUT2D eigenvalue weighted by Crippen LogP contribution is -2.46. The van der Waals surface area contributed by atoms with Crippen LogP contribution >= 0.6 is 0 Å². The number of nitrogens with zero attached hydrogens (tertiary/aromatic N) is 1. The third-order valence-electron chi connectivity index (χ3n) is 4.46. The fraction of sp³-hybridized carbons (Fsp3) is 1.00. The smallest absolute Gasteiger partial charge is 0.279 e. The molecule has 7 heteroatoms. The highest BCUT2D eigenvalue weighted by atomic mass is 32.2. The van der Waals surface area contributed by atoms with E-state index in [9.17, 15) is 8.42 Å². The Morgan fingerprint density at radius 1 is 1.19 bits per heavy atom. The van der Waals surface area contributed by atoms with Gasteiger partial charge in [-0.15, -0.1) is 0 Å². The van der Waals surface area contributed by atoms with Gasteiger partial charge in [0.15, 0.2) is 0 Å². The Morgan fingerprint density at radius 3 is 2.57 bits per heavy atom. The molecule has 0 aliphatic carbocycles. The Hall–Kier alpha value is -0.210. The second kappa shape index (κ2) is 8.43. The van der Waals surface area contributed by atoms with E-state index < -0.39 is 10.2 Å². The molecule has 0 bridgehead atoms. The van der Waals surface area contributed by atoms with E-state index in [1.807, 2.05) is 0 Å². The van der Waals surface area contributed by atoms with Crippen LogP contribution in [0, 0.1) is 11.8 Å². The highest BCUT2D eigenvalue weighted by Gasteiger charge is 2.27. The summed E-state index contributed by atoms with van der Waals surface area (Å²) in [6.45, 7) is 7.46. The lowest BCUT2D eigenvalue weighted by Gasteiger charge is -2.31. The average Bonchev–Trinajstić information content (AvgIpc) is 2.98. The van der Waals surface area contributed by atoms with E-state index in [4.69, 9.17) is 4.74 Å². The van der Waals surface area contributed by atoms with Crippen LogP contribution in [-0.2, 0) is 14.9 Å². The Morgan fingerprint density at radius 2 is 1.95 bits per heavy atom. The van der Waals surface area contributed by atoms with Gasteiger partial charge in [-0.3, -0.25) is 0 Å². The average molecular weight is 319 g/mol. The van der Waals surface area contributed by atoms with Crippen LogP contribution in [0.1, 0.15) is 32.6 Å². The van der Waals surface area contributed by atoms with E-state index in [0.717, 1.165) is 52.0 Å². The van der Waals surface area contributed by atoms with Crippen LogP contribution in [0.15, 0.2) is 0 Å². The first-order valence-electron chi connectivity index (χ1n) is 8.15. The number of hydrogen-bond donors (Lipinski definition) is 2. The molecule has 0 amide bonds. The Labute approximate surface area is 128 Å². The molecule has 0 aromatic rings. The molecule has 2 fully saturated rings. The van der Waals surface area contributed by atoms with Crippen LogP contribution in [0.2, 0.25) is 0 Å². The van der Waals surface area contributed by atoms with Crippen LogP contribution in [0.25, 0.3) is 0 Å². The third-order valence-corrected chi connectivity index (χ3v) is 6.07. The van der Waals surface area contributed by atoms with Gasteiger partial charge in [0.1, 0.15) is 0 Å². The maximum Gasteiger partial charge on any atom is 0.279 e. The van der Waals surface area contributed by atoms with Crippen LogP contribution in [0.3, 0.4) is 0 Å². The van der Waals surface area contributed by atoms with Gasteiger partial charge in [-0.1, -0.05) is 6.92 Å². The van der Waals surface area contributed by atoms with Crippen molar-refractivity contribution in [2.45, 2.75) is 32.6 Å². The molecule has 2 aliphatic heterocycles. The van der Waals surface area contributed by atoms with Crippen molar-refractivity contribution in [3.8, 4) is 0 Å². The Balaban J connectivity index is 1.68. The van der Waals surface area contributed by atoms with Crippen molar-refractivity contribution in [2.75, 3.05) is 45.9 Å². The summed E-state index contributed by atoms with van der Waals surface area (Å²) < 4.78 is 34.1. The summed E-state index contributed by atoms with van der Waals surface area (Å²) >= 11 is 0. The minimum absolute atomic E-state index is 0.513. The van der Waals surface area contributed by atoms with E-state index in [-0.39, 0.29) is 0 Å². The molecule has 0 saturated carbocycles. The van der Waals surface area contributed by atoms with Crippen molar-refractivity contribution in [1.29, 1.82) is 0 Å². The molecule has 1 unspecified atom stereocenters. The maximum absolute atomic E-state index is 12.2. The largest absolute Gasteiger partial charge is 0.381 e. The lowest BCUT2D eigenvalue weighted by molar-refractivity contribution is 0.184. The van der Waals surface area contributed by atoms with E-state index in [1.54, 1.807) is 4.31 Å². The van der Waals surface area contributed by atoms with Crippen molar-refractivity contribution < 1.29 is 13.2 Å². The second-order valence-electron chi connectivity index (χ2n) is 6.07. The zero-order valence-electron chi connectivity index (χ0n) is 13.0. The number of nitrogens with one attached hydrogen (secondary N) is 2. The molecule has 124 valence electrons. The van der Waals surface area contributed by atoms with Crippen molar-refractivity contribution in [1.82, 2.24) is 14.3 Å². The number of rotatable bonds is 8. The molecule has 2 heterocycles. The van der Waals surface area contributed by atoms with Crippen molar-refractivity contribution in [2.24, 2.45) is 11.8 Å². The minimum atomic E-state index is -3.30. The van der Waals surface area contributed by atoms with Gasteiger partial charge < -0.3 is 10.1 Å². The van der Waals surface area contributed by atoms with E-state index in [1.165, 1.54) is 0 Å². The van der Waals surface area contributed by atoms with Crippen LogP contribution in [-0.4, -0.2) is 58.7 Å². The summed E-state index contributed by atoms with van der Waals surface area (Å²) in [7, 11) is -3.30. The molecular formula is C14H29N3O3S. The van der Waals surface area contributed by atoms with Gasteiger partial charge in [-0.05, 0) is 50.6 Å². The molecule has 2 N–H and O–H groups in total. The number of piperidine rings is 1. The molecule has 2 aliphatic rings. The van der Waals surface area contributed by atoms with E-state index in [0.29, 0.717) is 31.5 Å². The van der Waals surface area contributed by atoms with Gasteiger partial charge in [0.2, 0.25) is 0 Å². The summed E-state index contributed by atoms with van der Waals surface area (Å²) in [4.78, 5) is 0. The normalized spacial score (nSPS) is 25.5. The first-order valence-corrected chi connectivity index (χ1v) is 9.59. The number of ether oxygens (including phenoxy) is 1. The SMILES string of the molecule is CCNCC1CCN(S(=O)(=O)NCCC2CCOC2)CC1. The fourth-order valence-corrected chi connectivity index (χ4v) is 4.25. The van der Waals surface area contributed by atoms with Gasteiger partial charge in [-0.25, -0.2) is 4.72 Å². The van der Waals surface area contributed by atoms with Crippen molar-refractivity contribution >= 4 is 10.2 Å². The second-order valence-corrected chi connectivity index (χ2v) is 7.82. The zero-order chi connectivity index (χ0) is 15.1. The molecule has 0 spiro atoms. The highest BCUT2D eigenvalue weighted by molar-refractivity contribution is 7.87. The van der Waals surface area contributed by atoms with Crippen molar-refractivity contribution in [3.05, 3.63) is 0 Å². The topological polar surface area (TPSA) is 70.7 Å². The predicted octanol–water partition coefficient (Wildman–Crippen LogP) is 0.569. The summed E-state index contributed by atoms with van der Waals surface area (Å²) in [5, 5.41) is 3.34. The Bertz CT molecular complexity index is 388. The molecular weight excluding hydrogens is 290 g/mol. The molecule has 2 rings (SSSR count). The van der Waals surface area contributed by atoms with E-state index >= 15 is 0 Å². The monoisotopic (exact) mass is 319 g/mol. The van der Waals surface area contributed by atoms with Gasteiger partial charge in [0.05, 0.1) is 0 Å². The van der Waals surface area contributed by atoms with Crippen LogP contribution in [0.4, 0.5) is 0 Å². The molecule has 2 saturated heterocycles. The first kappa shape index (κ1) is 17.1. The summed E-state index contributed by atoms with van der Waals surface area (Å²) in [6.07, 6.45) is 3.82. The summed E-state index contributed by atoms with van der Waals surface area (Å²) in [5.74, 6) is 1.12. The van der Waals surface area contributed by atoms with Crippen LogP contribution in [0.5, 0.6) is 0 Å². The fourth-order valence-electron chi connectivity index (χ4n) is 3.00. The number of hydrogen-bond acceptors (Lipinski definition) is 4. The van der Waals surface area contributed by atoms with Gasteiger partial charge in [0, 0.05) is 32.8 Å². The molecule has 21 heavy (non-hydrogen) atoms. The third kappa shape index (κ3) is 5.49.